The molecule has 0 aromatic heterocycles. The molecule has 20 heavy (non-hydrogen) atoms. The van der Waals surface area contributed by atoms with E-state index in [9.17, 15) is 18.0 Å². The second kappa shape index (κ2) is 7.78. The van der Waals surface area contributed by atoms with Gasteiger partial charge in [0.1, 0.15) is 0 Å². The molecule has 1 rings (SSSR count). The zero-order chi connectivity index (χ0) is 15.2. The molecule has 0 heterocycles. The van der Waals surface area contributed by atoms with E-state index in [4.69, 9.17) is 16.3 Å². The summed E-state index contributed by atoms with van der Waals surface area (Å²) in [6.45, 7) is 1.81. The van der Waals surface area contributed by atoms with Crippen LogP contribution in [-0.4, -0.2) is 24.0 Å². The van der Waals surface area contributed by atoms with Crippen LogP contribution in [0.1, 0.15) is 29.3 Å². The van der Waals surface area contributed by atoms with Crippen LogP contribution < -0.4 is 0 Å². The van der Waals surface area contributed by atoms with Crippen LogP contribution >= 0.6 is 23.4 Å². The summed E-state index contributed by atoms with van der Waals surface area (Å²) in [7, 11) is 0. The summed E-state index contributed by atoms with van der Waals surface area (Å²) in [5.41, 5.74) is -3.75. The topological polar surface area (TPSA) is 26.3 Å². The van der Waals surface area contributed by atoms with Gasteiger partial charge in [0, 0.05) is 10.8 Å². The van der Waals surface area contributed by atoms with Crippen molar-refractivity contribution in [3.8, 4) is 0 Å². The summed E-state index contributed by atoms with van der Waals surface area (Å²) < 4.78 is 42.4. The average molecular weight is 327 g/mol. The van der Waals surface area contributed by atoms with Gasteiger partial charge in [0.05, 0.1) is 12.2 Å². The monoisotopic (exact) mass is 326 g/mol. The number of hydrogen-bond donors (Lipinski definition) is 0. The van der Waals surface area contributed by atoms with Gasteiger partial charge in [-0.05, 0) is 49.2 Å². The third kappa shape index (κ3) is 5.63. The first-order valence-electron chi connectivity index (χ1n) is 5.99. The van der Waals surface area contributed by atoms with E-state index in [1.54, 1.807) is 6.92 Å². The van der Waals surface area contributed by atoms with Gasteiger partial charge in [-0.1, -0.05) is 6.07 Å². The Balaban J connectivity index is 3.04. The first-order chi connectivity index (χ1) is 9.37. The second-order valence-electron chi connectivity index (χ2n) is 3.88. The normalized spacial score (nSPS) is 11.4. The lowest BCUT2D eigenvalue weighted by Crippen LogP contribution is -2.07. The lowest BCUT2D eigenvalue weighted by molar-refractivity contribution is -0.0328. The molecular weight excluding hydrogens is 313 g/mol. The number of esters is 1. The highest BCUT2D eigenvalue weighted by atomic mass is 35.5. The number of carbonyl (C=O) groups excluding carboxylic acids is 1. The van der Waals surface area contributed by atoms with Crippen molar-refractivity contribution in [2.75, 3.05) is 12.5 Å². The first kappa shape index (κ1) is 17.2. The van der Waals surface area contributed by atoms with Gasteiger partial charge in [-0.2, -0.15) is 13.2 Å². The molecule has 0 saturated carbocycles. The molecule has 0 spiro atoms. The predicted octanol–water partition coefficient (Wildman–Crippen LogP) is 4.65. The number of halogens is 4. The van der Waals surface area contributed by atoms with Crippen molar-refractivity contribution in [2.24, 2.45) is 0 Å². The molecule has 0 amide bonds. The SMILES string of the molecule is CCOC(=O)c1ccc(CCCCl)c(SC(F)(F)F)c1. The fourth-order valence-electron chi connectivity index (χ4n) is 1.58. The molecule has 0 fully saturated rings. The van der Waals surface area contributed by atoms with Crippen LogP contribution in [-0.2, 0) is 11.2 Å². The van der Waals surface area contributed by atoms with Gasteiger partial charge < -0.3 is 4.74 Å². The van der Waals surface area contributed by atoms with Crippen molar-refractivity contribution in [3.63, 3.8) is 0 Å². The summed E-state index contributed by atoms with van der Waals surface area (Å²) in [6.07, 6.45) is 1.01. The van der Waals surface area contributed by atoms with Gasteiger partial charge in [-0.3, -0.25) is 0 Å². The minimum Gasteiger partial charge on any atom is -0.462 e. The van der Waals surface area contributed by atoms with Crippen molar-refractivity contribution in [3.05, 3.63) is 29.3 Å². The Labute approximate surface area is 124 Å². The Kier molecular flexibility index (Phi) is 6.68. The molecule has 0 unspecified atom stereocenters. The summed E-state index contributed by atoms with van der Waals surface area (Å²) in [6, 6.07) is 4.22. The zero-order valence-electron chi connectivity index (χ0n) is 10.8. The molecular formula is C13H14ClF3O2S. The quantitative estimate of drug-likeness (QED) is 0.432. The lowest BCUT2D eigenvalue weighted by atomic mass is 10.1. The number of aryl methyl sites for hydroxylation is 1. The first-order valence-corrected chi connectivity index (χ1v) is 7.34. The Hall–Kier alpha value is -0.880. The average Bonchev–Trinajstić information content (AvgIpc) is 2.35. The third-order valence-electron chi connectivity index (χ3n) is 2.38. The molecule has 1 aromatic carbocycles. The van der Waals surface area contributed by atoms with Gasteiger partial charge in [-0.25, -0.2) is 4.79 Å². The zero-order valence-corrected chi connectivity index (χ0v) is 12.4. The molecule has 0 N–H and O–H groups in total. The molecule has 0 bridgehead atoms. The minimum atomic E-state index is -4.40. The van der Waals surface area contributed by atoms with E-state index in [1.165, 1.54) is 18.2 Å². The van der Waals surface area contributed by atoms with E-state index in [0.717, 1.165) is 0 Å². The summed E-state index contributed by atoms with van der Waals surface area (Å²) in [5, 5.41) is 0. The van der Waals surface area contributed by atoms with Crippen molar-refractivity contribution in [2.45, 2.75) is 30.2 Å². The largest absolute Gasteiger partial charge is 0.462 e. The van der Waals surface area contributed by atoms with Crippen LogP contribution in [0.25, 0.3) is 0 Å². The number of thioether (sulfide) groups is 1. The Bertz CT molecular complexity index is 463. The molecule has 1 aromatic rings. The van der Waals surface area contributed by atoms with Gasteiger partial charge in [0.25, 0.3) is 0 Å². The molecule has 0 saturated heterocycles. The molecule has 0 radical (unpaired) electrons. The smallest absolute Gasteiger partial charge is 0.446 e. The molecule has 0 atom stereocenters. The molecule has 0 aliphatic carbocycles. The Morgan fingerprint density at radius 2 is 2.10 bits per heavy atom. The number of ether oxygens (including phenoxy) is 1. The summed E-state index contributed by atoms with van der Waals surface area (Å²) in [4.78, 5) is 11.6. The van der Waals surface area contributed by atoms with Crippen molar-refractivity contribution >= 4 is 29.3 Å². The van der Waals surface area contributed by atoms with Crippen LogP contribution in [0.15, 0.2) is 23.1 Å². The fraction of sp³-hybridized carbons (Fsp3) is 0.462. The Morgan fingerprint density at radius 3 is 2.65 bits per heavy atom. The standard InChI is InChI=1S/C13H14ClF3O2S/c1-2-19-12(18)10-6-5-9(4-3-7-14)11(8-10)20-13(15,16)17/h5-6,8H,2-4,7H2,1H3. The fourth-order valence-corrected chi connectivity index (χ4v) is 2.45. The van der Waals surface area contributed by atoms with Gasteiger partial charge in [0.15, 0.2) is 0 Å². The van der Waals surface area contributed by atoms with Gasteiger partial charge in [0.2, 0.25) is 0 Å². The number of alkyl halides is 4. The van der Waals surface area contributed by atoms with Crippen LogP contribution in [0.2, 0.25) is 0 Å². The van der Waals surface area contributed by atoms with E-state index >= 15 is 0 Å². The number of hydrogen-bond acceptors (Lipinski definition) is 3. The number of rotatable bonds is 6. The maximum Gasteiger partial charge on any atom is 0.446 e. The molecule has 0 aliphatic rings. The van der Waals surface area contributed by atoms with Crippen molar-refractivity contribution < 1.29 is 22.7 Å². The van der Waals surface area contributed by atoms with E-state index in [-0.39, 0.29) is 28.8 Å². The van der Waals surface area contributed by atoms with Crippen LogP contribution in [0, 0.1) is 0 Å². The Morgan fingerprint density at radius 1 is 1.40 bits per heavy atom. The molecule has 2 nitrogen and oxygen atoms in total. The number of benzene rings is 1. The molecule has 112 valence electrons. The molecule has 0 aliphatic heterocycles. The predicted molar refractivity (Wildman–Crippen MR) is 73.4 cm³/mol. The highest BCUT2D eigenvalue weighted by Gasteiger charge is 2.30. The van der Waals surface area contributed by atoms with E-state index in [1.807, 2.05) is 0 Å². The van der Waals surface area contributed by atoms with E-state index in [2.05, 4.69) is 0 Å². The van der Waals surface area contributed by atoms with Gasteiger partial charge in [-0.15, -0.1) is 11.6 Å². The lowest BCUT2D eigenvalue weighted by Gasteiger charge is -2.12. The van der Waals surface area contributed by atoms with E-state index < -0.39 is 11.5 Å². The van der Waals surface area contributed by atoms with E-state index in [0.29, 0.717) is 24.3 Å². The van der Waals surface area contributed by atoms with Crippen LogP contribution in [0.5, 0.6) is 0 Å². The van der Waals surface area contributed by atoms with Crippen LogP contribution in [0.4, 0.5) is 13.2 Å². The highest BCUT2D eigenvalue weighted by Crippen LogP contribution is 2.39. The van der Waals surface area contributed by atoms with Crippen molar-refractivity contribution in [1.29, 1.82) is 0 Å². The third-order valence-corrected chi connectivity index (χ3v) is 3.48. The number of carbonyl (C=O) groups is 1. The maximum absolute atomic E-state index is 12.5. The summed E-state index contributed by atoms with van der Waals surface area (Å²) in [5.74, 6) is -0.254. The highest BCUT2D eigenvalue weighted by molar-refractivity contribution is 8.00. The molecule has 7 heteroatoms. The maximum atomic E-state index is 12.5. The van der Waals surface area contributed by atoms with Crippen molar-refractivity contribution in [1.82, 2.24) is 0 Å². The van der Waals surface area contributed by atoms with Gasteiger partial charge >= 0.3 is 11.5 Å². The second-order valence-corrected chi connectivity index (χ2v) is 5.37. The minimum absolute atomic E-state index is 0.0215. The summed E-state index contributed by atoms with van der Waals surface area (Å²) >= 11 is 5.33. The van der Waals surface area contributed by atoms with Crippen LogP contribution in [0.3, 0.4) is 0 Å².